The third-order valence-electron chi connectivity index (χ3n) is 6.56. The summed E-state index contributed by atoms with van der Waals surface area (Å²) in [5.74, 6) is 0. The van der Waals surface area contributed by atoms with Gasteiger partial charge >= 0.3 is 25.7 Å². The molecule has 0 saturated carbocycles. The highest BCUT2D eigenvalue weighted by molar-refractivity contribution is 7.01. The molecular formula is C28H74O7Si10. The van der Waals surface area contributed by atoms with Gasteiger partial charge < -0.3 is 29.1 Å². The molecule has 0 saturated heterocycles. The summed E-state index contributed by atoms with van der Waals surface area (Å²) in [6.07, 6.45) is 1.07. The van der Waals surface area contributed by atoms with Crippen LogP contribution in [0.15, 0.2) is 11.3 Å². The van der Waals surface area contributed by atoms with Crippen molar-refractivity contribution in [2.75, 3.05) is 0 Å². The Balaban J connectivity index is 7.59. The molecule has 0 aliphatic heterocycles. The molecule has 0 aromatic rings. The normalized spacial score (nSPS) is 16.0. The van der Waals surface area contributed by atoms with E-state index in [4.69, 9.17) is 29.1 Å². The monoisotopic (exact) mass is 802 g/mol. The van der Waals surface area contributed by atoms with Crippen molar-refractivity contribution in [3.63, 3.8) is 0 Å². The second-order valence-electron chi connectivity index (χ2n) is 18.3. The molecule has 0 aliphatic rings. The molecule has 7 nitrogen and oxygen atoms in total. The Kier molecular flexibility index (Phi) is 16.5. The molecular weight excluding hydrogens is 729 g/mol. The standard InChI is InChI=1S/C28H74O7Si10/c1-24-25-36-29-28(41(14,15)34-44(20,21)31-38(6,7)8,42(16,17)35-45(22,23)32-39(9,10)11)27(2)26-40(12,13)33-43(18,19)30-37(3,4)5/h26H,24-25H2,1-23H3/b27-26+. The van der Waals surface area contributed by atoms with Gasteiger partial charge in [-0.1, -0.05) is 19.0 Å². The van der Waals surface area contributed by atoms with E-state index in [0.29, 0.717) is 9.76 Å². The lowest BCUT2D eigenvalue weighted by Crippen LogP contribution is -2.77. The molecule has 0 bridgehead atoms. The van der Waals surface area contributed by atoms with Crippen LogP contribution in [0.3, 0.4) is 0 Å². The van der Waals surface area contributed by atoms with Crippen molar-refractivity contribution >= 4 is 85.4 Å². The van der Waals surface area contributed by atoms with Gasteiger partial charge in [0.25, 0.3) is 0 Å². The van der Waals surface area contributed by atoms with Gasteiger partial charge in [0.2, 0.25) is 34.7 Å². The fourth-order valence-electron chi connectivity index (χ4n) is 7.20. The molecule has 0 aliphatic carbocycles. The second kappa shape index (κ2) is 15.9. The molecule has 0 atom stereocenters. The fourth-order valence-corrected chi connectivity index (χ4v) is 56.2. The van der Waals surface area contributed by atoms with Crippen LogP contribution < -0.4 is 0 Å². The van der Waals surface area contributed by atoms with E-state index in [0.717, 1.165) is 12.5 Å². The zero-order valence-electron chi connectivity index (χ0n) is 33.8. The number of hydrogen-bond donors (Lipinski definition) is 0. The Labute approximate surface area is 292 Å². The van der Waals surface area contributed by atoms with Crippen LogP contribution in [0.5, 0.6) is 0 Å². The summed E-state index contributed by atoms with van der Waals surface area (Å²) in [5.41, 5.74) is 3.63. The summed E-state index contributed by atoms with van der Waals surface area (Å²) >= 11 is 0. The average molecular weight is 804 g/mol. The van der Waals surface area contributed by atoms with Gasteiger partial charge in [0.15, 0.2) is 25.0 Å². The van der Waals surface area contributed by atoms with Gasteiger partial charge in [-0.05, 0) is 156 Å². The van der Waals surface area contributed by atoms with Gasteiger partial charge in [-0.3, -0.25) is 0 Å². The van der Waals surface area contributed by atoms with Crippen LogP contribution in [-0.4, -0.2) is 90.2 Å². The maximum atomic E-state index is 7.43. The average Bonchev–Trinajstić information content (AvgIpc) is 2.61. The van der Waals surface area contributed by atoms with Crippen LogP contribution in [-0.2, 0) is 29.1 Å². The SMILES string of the molecule is CCC[Si]OC(/C(C)=C/[Si](C)(C)O[Si](C)(C)O[Si](C)(C)C)([Si](C)(C)O[Si](C)(C)O[Si](C)(C)C)[Si](C)(C)O[Si](C)(C)O[Si](C)(C)C. The molecule has 0 aromatic carbocycles. The van der Waals surface area contributed by atoms with Gasteiger partial charge in [0.1, 0.15) is 4.85 Å². The lowest BCUT2D eigenvalue weighted by molar-refractivity contribution is 0.210. The topological polar surface area (TPSA) is 64.6 Å². The second-order valence-corrected chi connectivity index (χ2v) is 56.7. The Morgan fingerprint density at radius 1 is 0.511 bits per heavy atom. The van der Waals surface area contributed by atoms with Crippen LogP contribution in [0.2, 0.25) is 144 Å². The Hall–Kier alpha value is 1.63. The van der Waals surface area contributed by atoms with E-state index in [9.17, 15) is 0 Å². The van der Waals surface area contributed by atoms with Crippen molar-refractivity contribution in [2.24, 2.45) is 0 Å². The van der Waals surface area contributed by atoms with Crippen molar-refractivity contribution in [2.45, 2.75) is 169 Å². The highest BCUT2D eigenvalue weighted by Crippen LogP contribution is 2.45. The van der Waals surface area contributed by atoms with Crippen LogP contribution in [0, 0.1) is 0 Å². The van der Waals surface area contributed by atoms with E-state index < -0.39 is 80.4 Å². The summed E-state index contributed by atoms with van der Waals surface area (Å²) in [6, 6.07) is 1.00. The number of hydrogen-bond acceptors (Lipinski definition) is 7. The van der Waals surface area contributed by atoms with Crippen molar-refractivity contribution in [3.05, 3.63) is 11.3 Å². The van der Waals surface area contributed by atoms with E-state index in [-0.39, 0.29) is 0 Å². The molecule has 0 unspecified atom stereocenters. The first-order chi connectivity index (χ1) is 19.4. The summed E-state index contributed by atoms with van der Waals surface area (Å²) in [4.78, 5) is -0.688. The summed E-state index contributed by atoms with van der Waals surface area (Å²) < 4.78 is 49.6. The van der Waals surface area contributed by atoms with Gasteiger partial charge in [-0.2, -0.15) is 0 Å². The minimum absolute atomic E-state index is 0.344. The molecule has 0 spiro atoms. The first-order valence-corrected chi connectivity index (χ1v) is 45.3. The Bertz CT molecular complexity index is 938. The molecule has 268 valence electrons. The van der Waals surface area contributed by atoms with Crippen LogP contribution >= 0.6 is 0 Å². The third-order valence-corrected chi connectivity index (χ3v) is 42.6. The molecule has 0 N–H and O–H groups in total. The lowest BCUT2D eigenvalue weighted by atomic mass is 10.4. The van der Waals surface area contributed by atoms with E-state index in [1.54, 1.807) is 0 Å². The van der Waals surface area contributed by atoms with Crippen molar-refractivity contribution in [1.82, 2.24) is 0 Å². The quantitative estimate of drug-likeness (QED) is 0.0897. The summed E-state index contributed by atoms with van der Waals surface area (Å²) in [7, 11) is -20.5. The minimum Gasteiger partial charge on any atom is -0.437 e. The maximum absolute atomic E-state index is 7.43. The van der Waals surface area contributed by atoms with Gasteiger partial charge in [-0.25, -0.2) is 0 Å². The fraction of sp³-hybridized carbons (Fsp3) is 0.929. The molecule has 17 heteroatoms. The van der Waals surface area contributed by atoms with Crippen LogP contribution in [0.1, 0.15) is 20.3 Å². The molecule has 0 amide bonds. The Morgan fingerprint density at radius 3 is 1.11 bits per heavy atom. The largest absolute Gasteiger partial charge is 0.437 e. The van der Waals surface area contributed by atoms with Crippen LogP contribution in [0.25, 0.3) is 0 Å². The zero-order valence-corrected chi connectivity index (χ0v) is 43.8. The molecule has 45 heavy (non-hydrogen) atoms. The predicted octanol–water partition coefficient (Wildman–Crippen LogP) is 10.1. The third kappa shape index (κ3) is 16.5. The highest BCUT2D eigenvalue weighted by atomic mass is 28.5. The van der Waals surface area contributed by atoms with E-state index >= 15 is 0 Å². The van der Waals surface area contributed by atoms with E-state index in [1.165, 1.54) is 5.57 Å². The maximum Gasteiger partial charge on any atom is 0.311 e. The van der Waals surface area contributed by atoms with Crippen molar-refractivity contribution < 1.29 is 29.1 Å². The lowest BCUT2D eigenvalue weighted by Gasteiger charge is -2.57. The van der Waals surface area contributed by atoms with Crippen molar-refractivity contribution in [3.8, 4) is 0 Å². The molecule has 0 heterocycles. The molecule has 0 rings (SSSR count). The Morgan fingerprint density at radius 2 is 0.822 bits per heavy atom. The zero-order chi connectivity index (χ0) is 36.4. The van der Waals surface area contributed by atoms with Gasteiger partial charge in [-0.15, -0.1) is 0 Å². The van der Waals surface area contributed by atoms with Gasteiger partial charge in [0.05, 0.1) is 0 Å². The van der Waals surface area contributed by atoms with Gasteiger partial charge in [0, 0.05) is 0 Å². The molecule has 2 radical (unpaired) electrons. The first kappa shape index (κ1) is 46.6. The van der Waals surface area contributed by atoms with Crippen LogP contribution in [0.4, 0.5) is 0 Å². The molecule has 0 fully saturated rings. The molecule has 0 aromatic heterocycles. The van der Waals surface area contributed by atoms with Crippen molar-refractivity contribution in [1.29, 1.82) is 0 Å². The predicted molar refractivity (Wildman–Crippen MR) is 220 cm³/mol. The first-order valence-electron chi connectivity index (χ1n) is 16.7. The van der Waals surface area contributed by atoms with E-state index in [2.05, 4.69) is 157 Å². The summed E-state index contributed by atoms with van der Waals surface area (Å²) in [6.45, 7) is 51.9. The number of rotatable bonds is 20. The smallest absolute Gasteiger partial charge is 0.311 e. The highest BCUT2D eigenvalue weighted by Gasteiger charge is 2.65. The minimum atomic E-state index is -2.78. The summed E-state index contributed by atoms with van der Waals surface area (Å²) in [5, 5.41) is 0. The van der Waals surface area contributed by atoms with E-state index in [1.807, 2.05) is 0 Å².